The Balaban J connectivity index is 2.07. The zero-order valence-corrected chi connectivity index (χ0v) is 10.8. The molecule has 2 rings (SSSR count). The van der Waals surface area contributed by atoms with Crippen molar-refractivity contribution in [1.82, 2.24) is 9.97 Å². The topological polar surface area (TPSA) is 95.1 Å². The number of H-pyrrole nitrogens is 1. The molecule has 0 spiro atoms. The van der Waals surface area contributed by atoms with Gasteiger partial charge in [0.15, 0.2) is 0 Å². The van der Waals surface area contributed by atoms with E-state index in [-0.39, 0.29) is 23.8 Å². The van der Waals surface area contributed by atoms with Crippen LogP contribution in [-0.4, -0.2) is 27.6 Å². The Morgan fingerprint density at radius 2 is 2.25 bits per heavy atom. The molecule has 1 aromatic heterocycles. The predicted molar refractivity (Wildman–Crippen MR) is 74.7 cm³/mol. The van der Waals surface area contributed by atoms with Crippen LogP contribution in [-0.2, 0) is 6.42 Å². The molecule has 0 radical (unpaired) electrons. The number of carbonyl (C=O) groups excluding carboxylic acids is 1. The van der Waals surface area contributed by atoms with Crippen molar-refractivity contribution in [3.05, 3.63) is 58.3 Å². The van der Waals surface area contributed by atoms with Crippen LogP contribution in [0.4, 0.5) is 5.69 Å². The van der Waals surface area contributed by atoms with Crippen LogP contribution >= 0.6 is 0 Å². The third kappa shape index (κ3) is 3.76. The van der Waals surface area contributed by atoms with E-state index in [1.165, 1.54) is 6.20 Å². The first kappa shape index (κ1) is 14.0. The largest absolute Gasteiger partial charge is 0.396 e. The molecule has 2 aromatic rings. The maximum absolute atomic E-state index is 11.9. The monoisotopic (exact) mass is 273 g/mol. The van der Waals surface area contributed by atoms with Gasteiger partial charge in [0.1, 0.15) is 5.69 Å². The van der Waals surface area contributed by atoms with Gasteiger partial charge in [0.2, 0.25) is 0 Å². The highest BCUT2D eigenvalue weighted by molar-refractivity contribution is 6.02. The summed E-state index contributed by atoms with van der Waals surface area (Å²) in [5, 5.41) is 11.5. The summed E-state index contributed by atoms with van der Waals surface area (Å²) < 4.78 is 0. The van der Waals surface area contributed by atoms with Gasteiger partial charge < -0.3 is 15.4 Å². The highest BCUT2D eigenvalue weighted by Gasteiger charge is 2.07. The number of anilines is 1. The number of hydrogen-bond donors (Lipinski definition) is 3. The van der Waals surface area contributed by atoms with Gasteiger partial charge in [-0.05, 0) is 30.5 Å². The number of hydrogen-bond acceptors (Lipinski definition) is 4. The number of aliphatic hydroxyl groups is 1. The van der Waals surface area contributed by atoms with Crippen molar-refractivity contribution in [3.8, 4) is 0 Å². The lowest BCUT2D eigenvalue weighted by atomic mass is 10.1. The summed E-state index contributed by atoms with van der Waals surface area (Å²) in [6.45, 7) is 0.137. The van der Waals surface area contributed by atoms with E-state index in [0.717, 1.165) is 18.2 Å². The average molecular weight is 273 g/mol. The van der Waals surface area contributed by atoms with Crippen molar-refractivity contribution in [1.29, 1.82) is 0 Å². The molecule has 0 aliphatic heterocycles. The van der Waals surface area contributed by atoms with Crippen molar-refractivity contribution >= 4 is 11.6 Å². The smallest absolute Gasteiger partial charge is 0.275 e. The molecule has 104 valence electrons. The summed E-state index contributed by atoms with van der Waals surface area (Å²) in [6.07, 6.45) is 3.76. The molecule has 6 nitrogen and oxygen atoms in total. The van der Waals surface area contributed by atoms with E-state index in [0.29, 0.717) is 12.1 Å². The van der Waals surface area contributed by atoms with Crippen LogP contribution in [0.25, 0.3) is 0 Å². The predicted octanol–water partition coefficient (Wildman–Crippen LogP) is 0.947. The summed E-state index contributed by atoms with van der Waals surface area (Å²) in [4.78, 5) is 28.9. The van der Waals surface area contributed by atoms with Crippen LogP contribution in [0, 0.1) is 0 Å². The number of aliphatic hydroxyl groups excluding tert-OH is 1. The second-order valence-corrected chi connectivity index (χ2v) is 4.28. The molecule has 20 heavy (non-hydrogen) atoms. The zero-order valence-electron chi connectivity index (χ0n) is 10.8. The van der Waals surface area contributed by atoms with Crippen molar-refractivity contribution < 1.29 is 9.90 Å². The lowest BCUT2D eigenvalue weighted by molar-refractivity contribution is 0.102. The number of aryl methyl sites for hydroxylation is 1. The maximum atomic E-state index is 11.9. The van der Waals surface area contributed by atoms with Crippen molar-refractivity contribution in [3.63, 3.8) is 0 Å². The number of nitrogens with zero attached hydrogens (tertiary/aromatic N) is 1. The van der Waals surface area contributed by atoms with Gasteiger partial charge in [-0.1, -0.05) is 12.1 Å². The summed E-state index contributed by atoms with van der Waals surface area (Å²) in [7, 11) is 0. The Hall–Kier alpha value is -2.47. The minimum absolute atomic E-state index is 0.137. The lowest BCUT2D eigenvalue weighted by Crippen LogP contribution is -2.17. The van der Waals surface area contributed by atoms with Gasteiger partial charge >= 0.3 is 0 Å². The Labute approximate surface area is 115 Å². The Kier molecular flexibility index (Phi) is 4.62. The quantitative estimate of drug-likeness (QED) is 0.755. The number of aromatic nitrogens is 2. The van der Waals surface area contributed by atoms with Gasteiger partial charge in [0.05, 0.1) is 6.20 Å². The van der Waals surface area contributed by atoms with Gasteiger partial charge in [0.25, 0.3) is 11.5 Å². The molecule has 0 atom stereocenters. The first-order chi connectivity index (χ1) is 9.69. The molecule has 1 amide bonds. The molecule has 3 N–H and O–H groups in total. The summed E-state index contributed by atoms with van der Waals surface area (Å²) in [5.41, 5.74) is 1.47. The van der Waals surface area contributed by atoms with Crippen LogP contribution in [0.15, 0.2) is 41.5 Å². The molecule has 0 aliphatic rings. The molecular weight excluding hydrogens is 258 g/mol. The molecule has 6 heteroatoms. The number of rotatable bonds is 5. The van der Waals surface area contributed by atoms with Crippen molar-refractivity contribution in [2.45, 2.75) is 12.8 Å². The number of carbonyl (C=O) groups is 1. The van der Waals surface area contributed by atoms with Gasteiger partial charge in [-0.3, -0.25) is 9.59 Å². The summed E-state index contributed by atoms with van der Waals surface area (Å²) >= 11 is 0. The van der Waals surface area contributed by atoms with Crippen molar-refractivity contribution in [2.24, 2.45) is 0 Å². The number of amides is 1. The van der Waals surface area contributed by atoms with Crippen LogP contribution < -0.4 is 10.9 Å². The van der Waals surface area contributed by atoms with Crippen LogP contribution in [0.3, 0.4) is 0 Å². The molecule has 0 unspecified atom stereocenters. The van der Waals surface area contributed by atoms with E-state index in [1.807, 2.05) is 18.2 Å². The fourth-order valence-electron chi connectivity index (χ4n) is 1.75. The molecule has 0 saturated heterocycles. The maximum Gasteiger partial charge on any atom is 0.275 e. The van der Waals surface area contributed by atoms with Gasteiger partial charge in [-0.15, -0.1) is 0 Å². The van der Waals surface area contributed by atoms with E-state index in [2.05, 4.69) is 15.3 Å². The third-order valence-corrected chi connectivity index (χ3v) is 2.71. The minimum atomic E-state index is -0.388. The first-order valence-corrected chi connectivity index (χ1v) is 6.25. The highest BCUT2D eigenvalue weighted by Crippen LogP contribution is 2.13. The fraction of sp³-hybridized carbons (Fsp3) is 0.214. The molecular formula is C14H15N3O3. The lowest BCUT2D eigenvalue weighted by Gasteiger charge is -2.06. The second-order valence-electron chi connectivity index (χ2n) is 4.28. The first-order valence-electron chi connectivity index (χ1n) is 6.25. The summed E-state index contributed by atoms with van der Waals surface area (Å²) in [6, 6.07) is 7.39. The normalized spacial score (nSPS) is 10.2. The standard InChI is InChI=1S/C14H15N3O3/c18-6-2-4-10-3-1-5-11(7-10)17-14(20)12-8-16-13(19)9-15-12/h1,3,5,7-9,18H,2,4,6H2,(H,16,19)(H,17,20). The van der Waals surface area contributed by atoms with E-state index < -0.39 is 0 Å². The fourth-order valence-corrected chi connectivity index (χ4v) is 1.75. The number of nitrogens with one attached hydrogen (secondary N) is 2. The molecule has 0 bridgehead atoms. The molecule has 1 aromatic carbocycles. The highest BCUT2D eigenvalue weighted by atomic mass is 16.3. The van der Waals surface area contributed by atoms with E-state index in [4.69, 9.17) is 5.11 Å². The summed E-state index contributed by atoms with van der Waals surface area (Å²) in [5.74, 6) is -0.388. The molecule has 0 saturated carbocycles. The van der Waals surface area contributed by atoms with Crippen LogP contribution in [0.5, 0.6) is 0 Å². The number of aromatic amines is 1. The molecule has 1 heterocycles. The Morgan fingerprint density at radius 1 is 1.40 bits per heavy atom. The van der Waals surface area contributed by atoms with Gasteiger partial charge in [-0.25, -0.2) is 4.98 Å². The minimum Gasteiger partial charge on any atom is -0.396 e. The number of benzene rings is 1. The van der Waals surface area contributed by atoms with E-state index in [9.17, 15) is 9.59 Å². The molecule has 0 fully saturated rings. The van der Waals surface area contributed by atoms with Gasteiger partial charge in [0, 0.05) is 18.5 Å². The molecule has 0 aliphatic carbocycles. The van der Waals surface area contributed by atoms with E-state index in [1.54, 1.807) is 6.07 Å². The van der Waals surface area contributed by atoms with Gasteiger partial charge in [-0.2, -0.15) is 0 Å². The van der Waals surface area contributed by atoms with Crippen LogP contribution in [0.1, 0.15) is 22.5 Å². The Morgan fingerprint density at radius 3 is 2.95 bits per heavy atom. The van der Waals surface area contributed by atoms with Crippen LogP contribution in [0.2, 0.25) is 0 Å². The Bertz CT molecular complexity index is 632. The van der Waals surface area contributed by atoms with Crippen molar-refractivity contribution in [2.75, 3.05) is 11.9 Å². The second kappa shape index (κ2) is 6.63. The average Bonchev–Trinajstić information content (AvgIpc) is 2.46. The van der Waals surface area contributed by atoms with E-state index >= 15 is 0 Å². The third-order valence-electron chi connectivity index (χ3n) is 2.71. The SMILES string of the molecule is O=C(Nc1cccc(CCCO)c1)c1c[nH]c(=O)cn1. The zero-order chi connectivity index (χ0) is 14.4.